The van der Waals surface area contributed by atoms with E-state index in [0.717, 1.165) is 40.8 Å². The van der Waals surface area contributed by atoms with Crippen LogP contribution in [0.5, 0.6) is 0 Å². The Labute approximate surface area is 161 Å². The first kappa shape index (κ1) is 17.2. The highest BCUT2D eigenvalue weighted by atomic mass is 35.5. The number of fused-ring (bicyclic) bond motifs is 1. The molecule has 2 aromatic heterocycles. The largest absolute Gasteiger partial charge is 0.410 e. The number of aryl methyl sites for hydroxylation is 2. The zero-order valence-electron chi connectivity index (χ0n) is 14.3. The van der Waals surface area contributed by atoms with Crippen LogP contribution >= 0.6 is 23.4 Å². The van der Waals surface area contributed by atoms with E-state index in [1.54, 1.807) is 11.8 Å². The predicted octanol–water partition coefficient (Wildman–Crippen LogP) is 5.90. The standard InChI is InChI=1S/C20H18ClN3OS/c1-13-16-12-15(21)9-10-17(16)22-18(13)19-23-24-20(25-19)26-11-5-8-14-6-3-2-4-7-14/h2-4,6-7,9-10,12,22H,5,8,11H2,1H3. The molecule has 0 saturated carbocycles. The smallest absolute Gasteiger partial charge is 0.276 e. The first-order chi connectivity index (χ1) is 12.7. The molecule has 0 radical (unpaired) electrons. The highest BCUT2D eigenvalue weighted by Gasteiger charge is 2.16. The van der Waals surface area contributed by atoms with Crippen molar-refractivity contribution in [2.75, 3.05) is 5.75 Å². The molecule has 4 rings (SSSR count). The molecule has 4 aromatic rings. The molecule has 1 N–H and O–H groups in total. The van der Waals surface area contributed by atoms with Crippen molar-refractivity contribution in [2.45, 2.75) is 25.0 Å². The van der Waals surface area contributed by atoms with Crippen molar-refractivity contribution in [1.29, 1.82) is 0 Å². The Hall–Kier alpha value is -2.24. The van der Waals surface area contributed by atoms with Gasteiger partial charge >= 0.3 is 0 Å². The van der Waals surface area contributed by atoms with Crippen molar-refractivity contribution in [2.24, 2.45) is 0 Å². The molecule has 6 heteroatoms. The zero-order chi connectivity index (χ0) is 17.9. The molecule has 0 spiro atoms. The van der Waals surface area contributed by atoms with Crippen LogP contribution in [-0.2, 0) is 6.42 Å². The summed E-state index contributed by atoms with van der Waals surface area (Å²) in [6.45, 7) is 2.03. The van der Waals surface area contributed by atoms with Crippen LogP contribution in [0.1, 0.15) is 17.5 Å². The average Bonchev–Trinajstić information content (AvgIpc) is 3.25. The Bertz CT molecular complexity index is 1030. The summed E-state index contributed by atoms with van der Waals surface area (Å²) in [7, 11) is 0. The highest BCUT2D eigenvalue weighted by Crippen LogP contribution is 2.31. The topological polar surface area (TPSA) is 54.7 Å². The Balaban J connectivity index is 1.42. The van der Waals surface area contributed by atoms with Crippen LogP contribution in [-0.4, -0.2) is 20.9 Å². The molecule has 0 aliphatic rings. The van der Waals surface area contributed by atoms with E-state index >= 15 is 0 Å². The monoisotopic (exact) mass is 383 g/mol. The number of hydrogen-bond donors (Lipinski definition) is 1. The first-order valence-electron chi connectivity index (χ1n) is 8.49. The molecule has 0 amide bonds. The van der Waals surface area contributed by atoms with Gasteiger partial charge in [-0.05, 0) is 49.1 Å². The highest BCUT2D eigenvalue weighted by molar-refractivity contribution is 7.99. The van der Waals surface area contributed by atoms with Gasteiger partial charge in [0.05, 0.1) is 0 Å². The number of nitrogens with one attached hydrogen (secondary N) is 1. The minimum Gasteiger partial charge on any atom is -0.410 e. The van der Waals surface area contributed by atoms with Crippen LogP contribution in [0.3, 0.4) is 0 Å². The fourth-order valence-electron chi connectivity index (χ4n) is 2.96. The second-order valence-corrected chi connectivity index (χ2v) is 7.61. The van der Waals surface area contributed by atoms with Crippen LogP contribution in [0.2, 0.25) is 5.02 Å². The van der Waals surface area contributed by atoms with Gasteiger partial charge in [-0.25, -0.2) is 0 Å². The Morgan fingerprint density at radius 3 is 2.81 bits per heavy atom. The van der Waals surface area contributed by atoms with Gasteiger partial charge in [0.1, 0.15) is 5.69 Å². The van der Waals surface area contributed by atoms with Crippen LogP contribution in [0.25, 0.3) is 22.5 Å². The number of rotatable bonds is 6. The van der Waals surface area contributed by atoms with Gasteiger partial charge in [-0.15, -0.1) is 10.2 Å². The lowest BCUT2D eigenvalue weighted by Crippen LogP contribution is -1.87. The van der Waals surface area contributed by atoms with Gasteiger partial charge in [-0.2, -0.15) is 0 Å². The molecule has 0 atom stereocenters. The molecule has 2 aromatic carbocycles. The lowest BCUT2D eigenvalue weighted by atomic mass is 10.1. The van der Waals surface area contributed by atoms with Crippen molar-refractivity contribution in [3.63, 3.8) is 0 Å². The Morgan fingerprint density at radius 1 is 1.12 bits per heavy atom. The fraction of sp³-hybridized carbons (Fsp3) is 0.200. The minimum atomic E-state index is 0.514. The van der Waals surface area contributed by atoms with Gasteiger partial charge in [-0.1, -0.05) is 53.7 Å². The van der Waals surface area contributed by atoms with Gasteiger partial charge in [0.2, 0.25) is 0 Å². The summed E-state index contributed by atoms with van der Waals surface area (Å²) in [5, 5.41) is 10.8. The maximum absolute atomic E-state index is 6.10. The molecule has 0 saturated heterocycles. The molecule has 0 aliphatic heterocycles. The summed E-state index contributed by atoms with van der Waals surface area (Å²) in [6, 6.07) is 16.3. The first-order valence-corrected chi connectivity index (χ1v) is 9.85. The summed E-state index contributed by atoms with van der Waals surface area (Å²) >= 11 is 7.69. The van der Waals surface area contributed by atoms with E-state index in [9.17, 15) is 0 Å². The maximum atomic E-state index is 6.10. The third-order valence-electron chi connectivity index (χ3n) is 4.32. The minimum absolute atomic E-state index is 0.514. The molecular weight excluding hydrogens is 366 g/mol. The van der Waals surface area contributed by atoms with E-state index in [1.165, 1.54) is 5.56 Å². The van der Waals surface area contributed by atoms with Gasteiger partial charge in [-0.3, -0.25) is 0 Å². The number of benzene rings is 2. The molecule has 0 unspecified atom stereocenters. The lowest BCUT2D eigenvalue weighted by Gasteiger charge is -1.99. The van der Waals surface area contributed by atoms with E-state index in [0.29, 0.717) is 16.1 Å². The second-order valence-electron chi connectivity index (χ2n) is 6.13. The molecule has 2 heterocycles. The maximum Gasteiger partial charge on any atom is 0.276 e. The average molecular weight is 384 g/mol. The van der Waals surface area contributed by atoms with Crippen LogP contribution in [0.4, 0.5) is 0 Å². The Morgan fingerprint density at radius 2 is 1.96 bits per heavy atom. The number of H-pyrrole nitrogens is 1. The van der Waals surface area contributed by atoms with Crippen LogP contribution in [0, 0.1) is 6.92 Å². The molecule has 4 nitrogen and oxygen atoms in total. The van der Waals surface area contributed by atoms with E-state index in [2.05, 4.69) is 39.4 Å². The molecular formula is C20H18ClN3OS. The summed E-state index contributed by atoms with van der Waals surface area (Å²) in [4.78, 5) is 3.35. The van der Waals surface area contributed by atoms with Crippen LogP contribution in [0.15, 0.2) is 58.2 Å². The number of thioether (sulfide) groups is 1. The summed E-state index contributed by atoms with van der Waals surface area (Å²) in [6.07, 6.45) is 2.12. The molecule has 0 fully saturated rings. The van der Waals surface area contributed by atoms with Crippen LogP contribution < -0.4 is 0 Å². The second kappa shape index (κ2) is 7.56. The predicted molar refractivity (Wildman–Crippen MR) is 107 cm³/mol. The third-order valence-corrected chi connectivity index (χ3v) is 5.46. The van der Waals surface area contributed by atoms with Gasteiger partial charge in [0.25, 0.3) is 11.1 Å². The summed E-state index contributed by atoms with van der Waals surface area (Å²) in [5.41, 5.74) is 4.28. The molecule has 26 heavy (non-hydrogen) atoms. The quantitative estimate of drug-likeness (QED) is 0.332. The van der Waals surface area contributed by atoms with Gasteiger partial charge < -0.3 is 9.40 Å². The molecule has 0 bridgehead atoms. The number of hydrogen-bond acceptors (Lipinski definition) is 4. The SMILES string of the molecule is Cc1c(-c2nnc(SCCCc3ccccc3)o2)[nH]c2ccc(Cl)cc12. The van der Waals surface area contributed by atoms with E-state index in [1.807, 2.05) is 31.2 Å². The van der Waals surface area contributed by atoms with Crippen molar-refractivity contribution >= 4 is 34.3 Å². The van der Waals surface area contributed by atoms with E-state index in [4.69, 9.17) is 16.0 Å². The normalized spacial score (nSPS) is 11.3. The number of halogens is 1. The molecule has 0 aliphatic carbocycles. The van der Waals surface area contributed by atoms with E-state index < -0.39 is 0 Å². The fourth-order valence-corrected chi connectivity index (χ4v) is 3.83. The lowest BCUT2D eigenvalue weighted by molar-refractivity contribution is 0.464. The van der Waals surface area contributed by atoms with Crippen molar-refractivity contribution < 1.29 is 4.42 Å². The third kappa shape index (κ3) is 3.64. The van der Waals surface area contributed by atoms with Crippen molar-refractivity contribution in [1.82, 2.24) is 15.2 Å². The number of nitrogens with zero attached hydrogens (tertiary/aromatic N) is 2. The summed E-state index contributed by atoms with van der Waals surface area (Å²) < 4.78 is 5.84. The van der Waals surface area contributed by atoms with Gasteiger partial charge in [0.15, 0.2) is 0 Å². The molecule has 132 valence electrons. The summed E-state index contributed by atoms with van der Waals surface area (Å²) in [5.74, 6) is 1.46. The van der Waals surface area contributed by atoms with Gasteiger partial charge in [0, 0.05) is 21.7 Å². The zero-order valence-corrected chi connectivity index (χ0v) is 15.9. The number of aromatic nitrogens is 3. The number of aromatic amines is 1. The van der Waals surface area contributed by atoms with Crippen molar-refractivity contribution in [3.05, 3.63) is 64.7 Å². The Kier molecular flexibility index (Phi) is 5.00. The van der Waals surface area contributed by atoms with E-state index in [-0.39, 0.29) is 0 Å². The van der Waals surface area contributed by atoms with Crippen molar-refractivity contribution in [3.8, 4) is 11.6 Å².